The summed E-state index contributed by atoms with van der Waals surface area (Å²) in [7, 11) is 0. The smallest absolute Gasteiger partial charge is 0.0389 e. The van der Waals surface area contributed by atoms with Gasteiger partial charge in [-0.3, -0.25) is 0 Å². The lowest BCUT2D eigenvalue weighted by Gasteiger charge is -2.01. The number of thiophene rings is 1. The Balaban J connectivity index is 2.26. The van der Waals surface area contributed by atoms with Gasteiger partial charge in [0.2, 0.25) is 0 Å². The van der Waals surface area contributed by atoms with Gasteiger partial charge in [-0.25, -0.2) is 0 Å². The van der Waals surface area contributed by atoms with Crippen LogP contribution in [0.1, 0.15) is 5.56 Å². The Hall–Kier alpha value is -1.12. The second-order valence-electron chi connectivity index (χ2n) is 3.94. The third-order valence-electron chi connectivity index (χ3n) is 2.91. The molecule has 0 saturated carbocycles. The standard InChI is InChI=1S/C15H11BrS/c16-9-12-7-4-8-13-14(10-17-15(12)13)11-5-2-1-3-6-11/h1-8,10H,9H2. The quantitative estimate of drug-likeness (QED) is 0.551. The Morgan fingerprint density at radius 1 is 0.941 bits per heavy atom. The summed E-state index contributed by atoms with van der Waals surface area (Å²) in [5.74, 6) is 0. The van der Waals surface area contributed by atoms with Gasteiger partial charge in [-0.05, 0) is 16.5 Å². The molecule has 0 aliphatic heterocycles. The van der Waals surface area contributed by atoms with Crippen molar-refractivity contribution in [3.63, 3.8) is 0 Å². The molecule has 2 heteroatoms. The Bertz CT molecular complexity index is 640. The first kappa shape index (κ1) is 11.0. The second-order valence-corrected chi connectivity index (χ2v) is 5.38. The van der Waals surface area contributed by atoms with E-state index in [4.69, 9.17) is 0 Å². The average Bonchev–Trinajstić information content (AvgIpc) is 2.83. The number of halogens is 1. The molecule has 0 spiro atoms. The molecule has 0 saturated heterocycles. The lowest BCUT2D eigenvalue weighted by molar-refractivity contribution is 1.51. The third kappa shape index (κ3) is 1.92. The highest BCUT2D eigenvalue weighted by molar-refractivity contribution is 9.08. The van der Waals surface area contributed by atoms with Crippen molar-refractivity contribution >= 4 is 37.4 Å². The fourth-order valence-corrected chi connectivity index (χ4v) is 3.81. The summed E-state index contributed by atoms with van der Waals surface area (Å²) in [5, 5.41) is 4.53. The van der Waals surface area contributed by atoms with E-state index in [1.165, 1.54) is 26.8 Å². The van der Waals surface area contributed by atoms with Gasteiger partial charge in [0, 0.05) is 21.0 Å². The molecule has 0 radical (unpaired) electrons. The molecule has 0 atom stereocenters. The van der Waals surface area contributed by atoms with Crippen molar-refractivity contribution in [1.82, 2.24) is 0 Å². The van der Waals surface area contributed by atoms with Gasteiger partial charge in [-0.2, -0.15) is 0 Å². The number of hydrogen-bond acceptors (Lipinski definition) is 1. The van der Waals surface area contributed by atoms with E-state index in [1.54, 1.807) is 0 Å². The topological polar surface area (TPSA) is 0 Å². The van der Waals surface area contributed by atoms with Crippen LogP contribution in [0.15, 0.2) is 53.9 Å². The molecule has 0 fully saturated rings. The van der Waals surface area contributed by atoms with Gasteiger partial charge in [0.05, 0.1) is 0 Å². The maximum absolute atomic E-state index is 3.55. The van der Waals surface area contributed by atoms with Crippen molar-refractivity contribution in [3.05, 3.63) is 59.5 Å². The van der Waals surface area contributed by atoms with Crippen LogP contribution in [0.25, 0.3) is 21.2 Å². The average molecular weight is 303 g/mol. The highest BCUT2D eigenvalue weighted by Crippen LogP contribution is 2.36. The molecular formula is C15H11BrS. The molecule has 0 N–H and O–H groups in total. The molecule has 0 aliphatic rings. The molecule has 0 unspecified atom stereocenters. The van der Waals surface area contributed by atoms with E-state index in [2.05, 4.69) is 69.8 Å². The number of alkyl halides is 1. The number of fused-ring (bicyclic) bond motifs is 1. The fraction of sp³-hybridized carbons (Fsp3) is 0.0667. The minimum atomic E-state index is 0.916. The highest BCUT2D eigenvalue weighted by Gasteiger charge is 2.08. The maximum Gasteiger partial charge on any atom is 0.0389 e. The highest BCUT2D eigenvalue weighted by atomic mass is 79.9. The molecule has 17 heavy (non-hydrogen) atoms. The summed E-state index contributed by atoms with van der Waals surface area (Å²) in [6, 6.07) is 17.1. The van der Waals surface area contributed by atoms with E-state index in [-0.39, 0.29) is 0 Å². The van der Waals surface area contributed by atoms with Gasteiger partial charge < -0.3 is 0 Å². The van der Waals surface area contributed by atoms with Crippen LogP contribution in [-0.2, 0) is 5.33 Å². The Kier molecular flexibility index (Phi) is 3.00. The molecular weight excluding hydrogens is 292 g/mol. The first-order valence-corrected chi connectivity index (χ1v) is 7.51. The molecule has 0 aliphatic carbocycles. The molecule has 3 aromatic rings. The van der Waals surface area contributed by atoms with E-state index >= 15 is 0 Å². The van der Waals surface area contributed by atoms with Crippen LogP contribution in [0.2, 0.25) is 0 Å². The second kappa shape index (κ2) is 4.63. The van der Waals surface area contributed by atoms with E-state index < -0.39 is 0 Å². The molecule has 2 aromatic carbocycles. The van der Waals surface area contributed by atoms with E-state index in [9.17, 15) is 0 Å². The Morgan fingerprint density at radius 2 is 1.76 bits per heavy atom. The van der Waals surface area contributed by atoms with Gasteiger partial charge in [-0.1, -0.05) is 64.5 Å². The van der Waals surface area contributed by atoms with Crippen LogP contribution >= 0.6 is 27.3 Å². The number of hydrogen-bond donors (Lipinski definition) is 0. The molecule has 0 amide bonds. The minimum Gasteiger partial charge on any atom is -0.143 e. The van der Waals surface area contributed by atoms with Gasteiger partial charge >= 0.3 is 0 Å². The minimum absolute atomic E-state index is 0.916. The van der Waals surface area contributed by atoms with Crippen LogP contribution in [0, 0.1) is 0 Å². The summed E-state index contributed by atoms with van der Waals surface area (Å²) in [5.41, 5.74) is 4.01. The van der Waals surface area contributed by atoms with Gasteiger partial charge in [0.25, 0.3) is 0 Å². The van der Waals surface area contributed by atoms with Crippen LogP contribution < -0.4 is 0 Å². The van der Waals surface area contributed by atoms with Gasteiger partial charge in [-0.15, -0.1) is 11.3 Å². The monoisotopic (exact) mass is 302 g/mol. The van der Waals surface area contributed by atoms with Crippen LogP contribution in [0.5, 0.6) is 0 Å². The van der Waals surface area contributed by atoms with Gasteiger partial charge in [0.15, 0.2) is 0 Å². The normalized spacial score (nSPS) is 10.9. The van der Waals surface area contributed by atoms with Crippen molar-refractivity contribution in [2.45, 2.75) is 5.33 Å². The van der Waals surface area contributed by atoms with Gasteiger partial charge in [0.1, 0.15) is 0 Å². The zero-order valence-electron chi connectivity index (χ0n) is 9.19. The third-order valence-corrected chi connectivity index (χ3v) is 4.59. The zero-order chi connectivity index (χ0) is 11.7. The summed E-state index contributed by atoms with van der Waals surface area (Å²) in [6.07, 6.45) is 0. The van der Waals surface area contributed by atoms with Crippen molar-refractivity contribution in [2.75, 3.05) is 0 Å². The van der Waals surface area contributed by atoms with E-state index in [0.29, 0.717) is 0 Å². The Morgan fingerprint density at radius 3 is 2.53 bits per heavy atom. The first-order chi connectivity index (χ1) is 8.40. The Labute approximate surface area is 113 Å². The van der Waals surface area contributed by atoms with Crippen molar-refractivity contribution in [1.29, 1.82) is 0 Å². The van der Waals surface area contributed by atoms with Crippen molar-refractivity contribution < 1.29 is 0 Å². The lowest BCUT2D eigenvalue weighted by atomic mass is 10.0. The molecule has 3 rings (SSSR count). The van der Waals surface area contributed by atoms with E-state index in [0.717, 1.165) is 5.33 Å². The van der Waals surface area contributed by atoms with Crippen LogP contribution in [0.4, 0.5) is 0 Å². The summed E-state index contributed by atoms with van der Waals surface area (Å²) in [4.78, 5) is 0. The summed E-state index contributed by atoms with van der Waals surface area (Å²) < 4.78 is 1.39. The predicted molar refractivity (Wildman–Crippen MR) is 79.9 cm³/mol. The summed E-state index contributed by atoms with van der Waals surface area (Å²) in [6.45, 7) is 0. The zero-order valence-corrected chi connectivity index (χ0v) is 11.6. The largest absolute Gasteiger partial charge is 0.143 e. The number of rotatable bonds is 2. The molecule has 0 nitrogen and oxygen atoms in total. The first-order valence-electron chi connectivity index (χ1n) is 5.50. The summed E-state index contributed by atoms with van der Waals surface area (Å²) >= 11 is 5.38. The van der Waals surface area contributed by atoms with Crippen molar-refractivity contribution in [2.24, 2.45) is 0 Å². The molecule has 1 aromatic heterocycles. The van der Waals surface area contributed by atoms with Crippen LogP contribution in [0.3, 0.4) is 0 Å². The molecule has 0 bridgehead atoms. The maximum atomic E-state index is 3.55. The van der Waals surface area contributed by atoms with E-state index in [1.807, 2.05) is 11.3 Å². The van der Waals surface area contributed by atoms with Crippen LogP contribution in [-0.4, -0.2) is 0 Å². The predicted octanol–water partition coefficient (Wildman–Crippen LogP) is 5.46. The fourth-order valence-electron chi connectivity index (χ4n) is 2.06. The molecule has 1 heterocycles. The lowest BCUT2D eigenvalue weighted by Crippen LogP contribution is -1.78. The molecule has 84 valence electrons. The number of benzene rings is 2. The SMILES string of the molecule is BrCc1cccc2c(-c3ccccc3)csc12. The van der Waals surface area contributed by atoms with Crippen molar-refractivity contribution in [3.8, 4) is 11.1 Å².